The first-order valence-corrected chi connectivity index (χ1v) is 11.3. The third-order valence-electron chi connectivity index (χ3n) is 4.77. The Balaban J connectivity index is 1.88. The third kappa shape index (κ3) is 6.71. The number of hydrogen-bond donors (Lipinski definition) is 2. The van der Waals surface area contributed by atoms with E-state index < -0.39 is 10.0 Å². The molecule has 2 rings (SSSR count). The molecular weight excluding hydrogens is 428 g/mol. The first-order valence-electron chi connectivity index (χ1n) is 9.84. The van der Waals surface area contributed by atoms with Crippen LogP contribution in [0.1, 0.15) is 6.42 Å². The average molecular weight is 459 g/mol. The summed E-state index contributed by atoms with van der Waals surface area (Å²) in [5.74, 6) is 0.453. The Morgan fingerprint density at radius 2 is 1.71 bits per heavy atom. The van der Waals surface area contributed by atoms with Crippen LogP contribution < -0.4 is 20.1 Å². The minimum absolute atomic E-state index is 0.0201. The summed E-state index contributed by atoms with van der Waals surface area (Å²) < 4.78 is 42.7. The average Bonchev–Trinajstić information content (AvgIpc) is 2.78. The molecule has 0 spiro atoms. The maximum absolute atomic E-state index is 13.1. The molecule has 0 radical (unpaired) electrons. The number of carbonyl (C=O) groups is 2. The van der Waals surface area contributed by atoms with E-state index in [2.05, 4.69) is 10.6 Å². The molecule has 1 aromatic carbocycles. The van der Waals surface area contributed by atoms with Crippen molar-refractivity contribution in [1.29, 1.82) is 0 Å². The molecule has 31 heavy (non-hydrogen) atoms. The number of hydrogen-bond acceptors (Lipinski definition) is 7. The molecule has 0 aliphatic carbocycles. The Morgan fingerprint density at radius 1 is 1.00 bits per heavy atom. The topological polar surface area (TPSA) is 127 Å². The fraction of sp³-hybridized carbons (Fsp3) is 0.579. The number of sulfonamides is 1. The van der Waals surface area contributed by atoms with Crippen LogP contribution in [-0.2, 0) is 19.6 Å². The van der Waals surface area contributed by atoms with Crippen molar-refractivity contribution in [3.8, 4) is 11.5 Å². The highest BCUT2D eigenvalue weighted by Gasteiger charge is 2.32. The SMILES string of the molecule is COCCNC(=O)CCNC(=O)N1CCN(S(=O)(=O)c2cc(OC)ccc2OC)CC1. The number of rotatable bonds is 10. The number of urea groups is 1. The van der Waals surface area contributed by atoms with Gasteiger partial charge in [0.2, 0.25) is 15.9 Å². The van der Waals surface area contributed by atoms with Gasteiger partial charge >= 0.3 is 6.03 Å². The molecule has 11 nitrogen and oxygen atoms in total. The van der Waals surface area contributed by atoms with E-state index in [-0.39, 0.29) is 61.7 Å². The maximum Gasteiger partial charge on any atom is 0.317 e. The van der Waals surface area contributed by atoms with Gasteiger partial charge < -0.3 is 29.7 Å². The summed E-state index contributed by atoms with van der Waals surface area (Å²) in [6.07, 6.45) is 0.152. The molecule has 0 bridgehead atoms. The van der Waals surface area contributed by atoms with E-state index in [0.717, 1.165) is 0 Å². The molecule has 0 unspecified atom stereocenters. The summed E-state index contributed by atoms with van der Waals surface area (Å²) in [5, 5.41) is 5.35. The smallest absolute Gasteiger partial charge is 0.317 e. The molecule has 1 aliphatic rings. The lowest BCUT2D eigenvalue weighted by Crippen LogP contribution is -2.53. The quantitative estimate of drug-likeness (QED) is 0.468. The number of methoxy groups -OCH3 is 3. The summed E-state index contributed by atoms with van der Waals surface area (Å²) in [4.78, 5) is 25.5. The molecule has 1 saturated heterocycles. The van der Waals surface area contributed by atoms with Crippen LogP contribution in [0.15, 0.2) is 23.1 Å². The maximum atomic E-state index is 13.1. The Labute approximate surface area is 182 Å². The molecule has 0 aromatic heterocycles. The molecule has 0 saturated carbocycles. The van der Waals surface area contributed by atoms with E-state index in [0.29, 0.717) is 18.9 Å². The molecule has 1 aliphatic heterocycles. The number of carbonyl (C=O) groups excluding carboxylic acids is 2. The van der Waals surface area contributed by atoms with Crippen molar-refractivity contribution in [3.05, 3.63) is 18.2 Å². The summed E-state index contributed by atoms with van der Waals surface area (Å²) in [6, 6.07) is 4.25. The van der Waals surface area contributed by atoms with Crippen LogP contribution in [0.5, 0.6) is 11.5 Å². The van der Waals surface area contributed by atoms with Gasteiger partial charge in [0.15, 0.2) is 0 Å². The molecule has 1 fully saturated rings. The highest BCUT2D eigenvalue weighted by molar-refractivity contribution is 7.89. The van der Waals surface area contributed by atoms with E-state index in [4.69, 9.17) is 14.2 Å². The highest BCUT2D eigenvalue weighted by atomic mass is 32.2. The normalized spacial score (nSPS) is 14.7. The van der Waals surface area contributed by atoms with Gasteiger partial charge in [-0.15, -0.1) is 0 Å². The Kier molecular flexibility index (Phi) is 9.34. The summed E-state index contributed by atoms with van der Waals surface area (Å²) >= 11 is 0. The van der Waals surface area contributed by atoms with E-state index in [9.17, 15) is 18.0 Å². The minimum atomic E-state index is -3.82. The molecular formula is C19H30N4O7S. The van der Waals surface area contributed by atoms with Gasteiger partial charge in [-0.2, -0.15) is 4.31 Å². The van der Waals surface area contributed by atoms with Crippen LogP contribution in [0.2, 0.25) is 0 Å². The van der Waals surface area contributed by atoms with E-state index in [1.165, 1.54) is 29.5 Å². The van der Waals surface area contributed by atoms with E-state index in [1.807, 2.05) is 0 Å². The van der Waals surface area contributed by atoms with Crippen LogP contribution in [0.4, 0.5) is 4.79 Å². The second-order valence-electron chi connectivity index (χ2n) is 6.73. The van der Waals surface area contributed by atoms with Gasteiger partial charge in [-0.25, -0.2) is 13.2 Å². The van der Waals surface area contributed by atoms with Crippen molar-refractivity contribution in [3.63, 3.8) is 0 Å². The van der Waals surface area contributed by atoms with Gasteiger partial charge in [0.1, 0.15) is 16.4 Å². The van der Waals surface area contributed by atoms with Gasteiger partial charge in [-0.3, -0.25) is 4.79 Å². The zero-order valence-corrected chi connectivity index (χ0v) is 18.9. The number of nitrogens with one attached hydrogen (secondary N) is 2. The van der Waals surface area contributed by atoms with Crippen LogP contribution in [0.25, 0.3) is 0 Å². The van der Waals surface area contributed by atoms with Gasteiger partial charge in [0.05, 0.1) is 20.8 Å². The van der Waals surface area contributed by atoms with Gasteiger partial charge in [-0.1, -0.05) is 0 Å². The second-order valence-corrected chi connectivity index (χ2v) is 8.64. The van der Waals surface area contributed by atoms with E-state index >= 15 is 0 Å². The van der Waals surface area contributed by atoms with Crippen LogP contribution in [0.3, 0.4) is 0 Å². The van der Waals surface area contributed by atoms with Crippen molar-refractivity contribution in [1.82, 2.24) is 19.8 Å². The largest absolute Gasteiger partial charge is 0.497 e. The van der Waals surface area contributed by atoms with Crippen molar-refractivity contribution >= 4 is 22.0 Å². The predicted molar refractivity (Wildman–Crippen MR) is 113 cm³/mol. The first-order chi connectivity index (χ1) is 14.8. The predicted octanol–water partition coefficient (Wildman–Crippen LogP) is -0.128. The number of piperazine rings is 1. The minimum Gasteiger partial charge on any atom is -0.497 e. The number of amides is 3. The monoisotopic (exact) mass is 458 g/mol. The van der Waals surface area contributed by atoms with E-state index in [1.54, 1.807) is 19.2 Å². The molecule has 2 N–H and O–H groups in total. The van der Waals surface area contributed by atoms with Crippen LogP contribution >= 0.6 is 0 Å². The lowest BCUT2D eigenvalue weighted by molar-refractivity contribution is -0.121. The van der Waals surface area contributed by atoms with Crippen molar-refractivity contribution in [2.24, 2.45) is 0 Å². The first kappa shape index (κ1) is 24.7. The third-order valence-corrected chi connectivity index (χ3v) is 6.69. The fourth-order valence-electron chi connectivity index (χ4n) is 3.03. The Bertz CT molecular complexity index is 855. The summed E-state index contributed by atoms with van der Waals surface area (Å²) in [7, 11) is 0.588. The molecule has 12 heteroatoms. The number of nitrogens with zero attached hydrogens (tertiary/aromatic N) is 2. The zero-order chi connectivity index (χ0) is 22.9. The summed E-state index contributed by atoms with van der Waals surface area (Å²) in [6.45, 7) is 1.79. The van der Waals surface area contributed by atoms with Gasteiger partial charge in [0.25, 0.3) is 0 Å². The van der Waals surface area contributed by atoms with Crippen LogP contribution in [-0.4, -0.2) is 96.8 Å². The fourth-order valence-corrected chi connectivity index (χ4v) is 4.62. The molecule has 174 valence electrons. The van der Waals surface area contributed by atoms with Gasteiger partial charge in [-0.05, 0) is 12.1 Å². The zero-order valence-electron chi connectivity index (χ0n) is 18.0. The Hall–Kier alpha value is -2.57. The molecule has 0 atom stereocenters. The molecule has 1 aromatic rings. The summed E-state index contributed by atoms with van der Waals surface area (Å²) in [5.41, 5.74) is 0. The van der Waals surface area contributed by atoms with Crippen LogP contribution in [0, 0.1) is 0 Å². The lowest BCUT2D eigenvalue weighted by atomic mass is 10.3. The number of ether oxygens (including phenoxy) is 3. The molecule has 1 heterocycles. The number of benzene rings is 1. The van der Waals surface area contributed by atoms with Crippen molar-refractivity contribution in [2.45, 2.75) is 11.3 Å². The second kappa shape index (κ2) is 11.7. The van der Waals surface area contributed by atoms with Crippen molar-refractivity contribution in [2.75, 3.05) is 67.2 Å². The van der Waals surface area contributed by atoms with Crippen molar-refractivity contribution < 1.29 is 32.2 Å². The van der Waals surface area contributed by atoms with Gasteiger partial charge in [0, 0.05) is 58.9 Å². The highest BCUT2D eigenvalue weighted by Crippen LogP contribution is 2.31. The Morgan fingerprint density at radius 3 is 2.32 bits per heavy atom. The molecule has 3 amide bonds. The lowest BCUT2D eigenvalue weighted by Gasteiger charge is -2.34. The standard InChI is InChI=1S/C19H30N4O7S/c1-28-13-8-20-18(24)6-7-21-19(25)22-9-11-23(12-10-22)31(26,27)17-14-15(29-2)4-5-16(17)30-3/h4-5,14H,6-13H2,1-3H3,(H,20,24)(H,21,25).